The number of nitrogens with zero attached hydrogens (tertiary/aromatic N) is 2. The second-order valence-corrected chi connectivity index (χ2v) is 4.15. The highest BCUT2D eigenvalue weighted by Gasteiger charge is 2.11. The van der Waals surface area contributed by atoms with Crippen molar-refractivity contribution in [3.63, 3.8) is 0 Å². The zero-order chi connectivity index (χ0) is 13.9. The fourth-order valence-electron chi connectivity index (χ4n) is 2.03. The van der Waals surface area contributed by atoms with E-state index in [0.717, 1.165) is 0 Å². The van der Waals surface area contributed by atoms with Crippen molar-refractivity contribution < 1.29 is 4.79 Å². The lowest BCUT2D eigenvalue weighted by Crippen LogP contribution is -2.11. The molecule has 96 valence electrons. The number of rotatable bonds is 2. The molecule has 1 heterocycles. The van der Waals surface area contributed by atoms with Crippen molar-refractivity contribution >= 4 is 22.8 Å². The summed E-state index contributed by atoms with van der Waals surface area (Å²) in [7, 11) is 0. The largest absolute Gasteiger partial charge is 0.319 e. The highest BCUT2D eigenvalue weighted by Crippen LogP contribution is 2.26. The summed E-state index contributed by atoms with van der Waals surface area (Å²) in [5.41, 5.74) is 2.12. The molecule has 0 saturated heterocycles. The molecule has 1 aromatic heterocycles. The van der Waals surface area contributed by atoms with Gasteiger partial charge in [0.05, 0.1) is 16.7 Å². The van der Waals surface area contributed by atoms with Crippen molar-refractivity contribution in [2.24, 2.45) is 4.99 Å². The van der Waals surface area contributed by atoms with E-state index in [-0.39, 0.29) is 11.3 Å². The van der Waals surface area contributed by atoms with Crippen LogP contribution in [0.5, 0.6) is 0 Å². The molecule has 0 aliphatic rings. The van der Waals surface area contributed by atoms with Gasteiger partial charge in [-0.05, 0) is 18.2 Å². The van der Waals surface area contributed by atoms with E-state index in [1.54, 1.807) is 36.4 Å². The summed E-state index contributed by atoms with van der Waals surface area (Å²) < 4.78 is 0. The molecule has 0 aliphatic carbocycles. The van der Waals surface area contributed by atoms with Gasteiger partial charge in [0.2, 0.25) is 6.08 Å². The molecule has 0 bridgehead atoms. The number of para-hydroxylation sites is 3. The van der Waals surface area contributed by atoms with Gasteiger partial charge in [-0.2, -0.15) is 4.99 Å². The Morgan fingerprint density at radius 3 is 2.65 bits per heavy atom. The van der Waals surface area contributed by atoms with E-state index >= 15 is 0 Å². The number of aromatic nitrogens is 2. The molecule has 0 radical (unpaired) electrons. The summed E-state index contributed by atoms with van der Waals surface area (Å²) in [5.74, 6) is 0. The van der Waals surface area contributed by atoms with Gasteiger partial charge in [-0.25, -0.2) is 9.78 Å². The maximum absolute atomic E-state index is 12.1. The normalized spacial score (nSPS) is 10.2. The molecular weight excluding hydrogens is 254 g/mol. The number of fused-ring (bicyclic) bond motifs is 1. The van der Waals surface area contributed by atoms with Crippen molar-refractivity contribution in [3.05, 3.63) is 58.9 Å². The number of H-pyrrole nitrogens is 1. The van der Waals surface area contributed by atoms with Crippen molar-refractivity contribution in [1.82, 2.24) is 9.97 Å². The summed E-state index contributed by atoms with van der Waals surface area (Å²) in [6, 6.07) is 14.1. The van der Waals surface area contributed by atoms with Crippen molar-refractivity contribution in [2.45, 2.75) is 0 Å². The minimum atomic E-state index is -0.322. The molecule has 5 nitrogen and oxygen atoms in total. The fraction of sp³-hybridized carbons (Fsp3) is 0. The molecule has 0 saturated carbocycles. The van der Waals surface area contributed by atoms with Gasteiger partial charge in [0.1, 0.15) is 5.69 Å². The zero-order valence-electron chi connectivity index (χ0n) is 10.3. The Morgan fingerprint density at radius 2 is 1.80 bits per heavy atom. The molecule has 0 fully saturated rings. The number of aromatic amines is 1. The zero-order valence-corrected chi connectivity index (χ0v) is 10.3. The maximum atomic E-state index is 12.1. The van der Waals surface area contributed by atoms with Gasteiger partial charge in [-0.3, -0.25) is 4.79 Å². The van der Waals surface area contributed by atoms with Crippen LogP contribution in [0.25, 0.3) is 22.3 Å². The number of aliphatic imine (C=N–C) groups is 1. The van der Waals surface area contributed by atoms with Crippen LogP contribution in [0.1, 0.15) is 0 Å². The Bertz CT molecular complexity index is 893. The lowest BCUT2D eigenvalue weighted by molar-refractivity contribution is 0.565. The molecule has 20 heavy (non-hydrogen) atoms. The lowest BCUT2D eigenvalue weighted by atomic mass is 10.1. The monoisotopic (exact) mass is 263 g/mol. The molecule has 0 spiro atoms. The number of carbonyl (C=O) groups excluding carboxylic acids is 1. The van der Waals surface area contributed by atoms with E-state index in [0.29, 0.717) is 22.3 Å². The molecule has 0 atom stereocenters. The molecule has 0 amide bonds. The van der Waals surface area contributed by atoms with Crippen LogP contribution >= 0.6 is 0 Å². The summed E-state index contributed by atoms with van der Waals surface area (Å²) in [4.78, 5) is 33.3. The minimum Gasteiger partial charge on any atom is -0.319 e. The van der Waals surface area contributed by atoms with Crippen molar-refractivity contribution in [1.29, 1.82) is 0 Å². The number of hydrogen-bond donors (Lipinski definition) is 1. The average Bonchev–Trinajstić information content (AvgIpc) is 2.48. The second-order valence-electron chi connectivity index (χ2n) is 4.15. The van der Waals surface area contributed by atoms with Crippen molar-refractivity contribution in [2.75, 3.05) is 0 Å². The van der Waals surface area contributed by atoms with Crippen LogP contribution in [-0.2, 0) is 4.79 Å². The van der Waals surface area contributed by atoms with E-state index in [2.05, 4.69) is 15.0 Å². The topological polar surface area (TPSA) is 75.2 Å². The lowest BCUT2D eigenvalue weighted by Gasteiger charge is -2.04. The molecule has 0 unspecified atom stereocenters. The van der Waals surface area contributed by atoms with E-state index in [1.165, 1.54) is 6.08 Å². The fourth-order valence-corrected chi connectivity index (χ4v) is 2.03. The van der Waals surface area contributed by atoms with Crippen LogP contribution in [0.4, 0.5) is 5.69 Å². The summed E-state index contributed by atoms with van der Waals surface area (Å²) in [6.07, 6.45) is 1.49. The summed E-state index contributed by atoms with van der Waals surface area (Å²) >= 11 is 0. The average molecular weight is 263 g/mol. The van der Waals surface area contributed by atoms with Crippen LogP contribution < -0.4 is 5.56 Å². The predicted molar refractivity (Wildman–Crippen MR) is 75.6 cm³/mol. The molecule has 0 aliphatic heterocycles. The van der Waals surface area contributed by atoms with Crippen LogP contribution in [-0.4, -0.2) is 16.0 Å². The highest BCUT2D eigenvalue weighted by atomic mass is 16.1. The van der Waals surface area contributed by atoms with Crippen LogP contribution in [0, 0.1) is 0 Å². The van der Waals surface area contributed by atoms with Crippen LogP contribution in [0.3, 0.4) is 0 Å². The standard InChI is InChI=1S/C15H9N3O2/c19-9-16-11-6-2-1-5-10(11)14-15(20)18-13-8-4-3-7-12(13)17-14/h1-8H,(H,18,20). The highest BCUT2D eigenvalue weighted by molar-refractivity contribution is 5.80. The SMILES string of the molecule is O=C=Nc1ccccc1-c1nc2ccccc2[nH]c1=O. The second kappa shape index (κ2) is 4.91. The molecule has 3 aromatic rings. The summed E-state index contributed by atoms with van der Waals surface area (Å²) in [5, 5.41) is 0. The smallest absolute Gasteiger partial charge is 0.275 e. The first kappa shape index (κ1) is 12.0. The van der Waals surface area contributed by atoms with Crippen molar-refractivity contribution in [3.8, 4) is 11.3 Å². The Hall–Kier alpha value is -3.04. The first-order valence-corrected chi connectivity index (χ1v) is 5.96. The van der Waals surface area contributed by atoms with Gasteiger partial charge in [0.25, 0.3) is 5.56 Å². The number of nitrogens with one attached hydrogen (secondary N) is 1. The molecule has 3 rings (SSSR count). The van der Waals surface area contributed by atoms with E-state index < -0.39 is 0 Å². The van der Waals surface area contributed by atoms with Gasteiger partial charge < -0.3 is 4.98 Å². The first-order chi connectivity index (χ1) is 9.79. The Labute approximate surface area is 113 Å². The van der Waals surface area contributed by atoms with Gasteiger partial charge in [-0.15, -0.1) is 0 Å². The van der Waals surface area contributed by atoms with Gasteiger partial charge in [0, 0.05) is 5.56 Å². The molecular formula is C15H9N3O2. The van der Waals surface area contributed by atoms with Gasteiger partial charge >= 0.3 is 0 Å². The van der Waals surface area contributed by atoms with Crippen LogP contribution in [0.15, 0.2) is 58.3 Å². The third kappa shape index (κ3) is 2.02. The van der Waals surface area contributed by atoms with E-state index in [4.69, 9.17) is 0 Å². The quantitative estimate of drug-likeness (QED) is 0.570. The number of isocyanates is 1. The first-order valence-electron chi connectivity index (χ1n) is 5.96. The maximum Gasteiger partial charge on any atom is 0.275 e. The Kier molecular flexibility index (Phi) is 2.95. The predicted octanol–water partition coefficient (Wildman–Crippen LogP) is 2.56. The van der Waals surface area contributed by atoms with Gasteiger partial charge in [0.15, 0.2) is 0 Å². The third-order valence-corrected chi connectivity index (χ3v) is 2.92. The van der Waals surface area contributed by atoms with Crippen LogP contribution in [0.2, 0.25) is 0 Å². The minimum absolute atomic E-state index is 0.235. The molecule has 2 aromatic carbocycles. The third-order valence-electron chi connectivity index (χ3n) is 2.92. The Morgan fingerprint density at radius 1 is 1.05 bits per heavy atom. The number of benzene rings is 2. The molecule has 5 heteroatoms. The van der Waals surface area contributed by atoms with E-state index in [9.17, 15) is 9.59 Å². The van der Waals surface area contributed by atoms with E-state index in [1.807, 2.05) is 12.1 Å². The van der Waals surface area contributed by atoms with Gasteiger partial charge in [-0.1, -0.05) is 30.3 Å². The summed E-state index contributed by atoms with van der Waals surface area (Å²) in [6.45, 7) is 0. The number of hydrogen-bond acceptors (Lipinski definition) is 4. The Balaban J connectivity index is 2.32. The molecule has 1 N–H and O–H groups in total.